The fraction of sp³-hybridized carbons (Fsp3) is 0.500. The molecule has 160 valence electrons. The molecule has 2 heterocycles. The lowest BCUT2D eigenvalue weighted by atomic mass is 10.0. The Hall–Kier alpha value is -2.89. The summed E-state index contributed by atoms with van der Waals surface area (Å²) in [5.41, 5.74) is 2.06. The topological polar surface area (TPSA) is 91.0 Å². The number of piperidine rings is 2. The van der Waals surface area contributed by atoms with E-state index in [2.05, 4.69) is 22.5 Å². The number of carbonyl (C=O) groups is 3. The third-order valence-electron chi connectivity index (χ3n) is 5.30. The monoisotopic (exact) mass is 412 g/mol. The van der Waals surface area contributed by atoms with E-state index in [1.807, 2.05) is 31.1 Å². The summed E-state index contributed by atoms with van der Waals surface area (Å²) < 4.78 is 5.84. The Morgan fingerprint density at radius 2 is 1.97 bits per heavy atom. The average Bonchev–Trinajstić information content (AvgIpc) is 2.74. The number of hydrogen-bond acceptors (Lipinski definition) is 6. The highest BCUT2D eigenvalue weighted by Gasteiger charge is 2.33. The molecular weight excluding hydrogens is 384 g/mol. The van der Waals surface area contributed by atoms with Gasteiger partial charge < -0.3 is 19.9 Å². The molecule has 0 bridgehead atoms. The molecule has 8 heteroatoms. The number of carbonyl (C=O) groups excluding carboxylic acids is 3. The maximum Gasteiger partial charge on any atom is 0.249 e. The molecule has 3 rings (SSSR count). The van der Waals surface area contributed by atoms with Crippen molar-refractivity contribution >= 4 is 29.6 Å². The summed E-state index contributed by atoms with van der Waals surface area (Å²) in [5, 5.41) is 5.61. The van der Waals surface area contributed by atoms with Crippen molar-refractivity contribution in [1.29, 1.82) is 0 Å². The Morgan fingerprint density at radius 1 is 1.20 bits per heavy atom. The molecule has 8 nitrogen and oxygen atoms in total. The molecule has 0 radical (unpaired) electrons. The zero-order chi connectivity index (χ0) is 21.5. The molecule has 0 saturated carbocycles. The highest BCUT2D eigenvalue weighted by molar-refractivity contribution is 6.04. The molecule has 0 spiro atoms. The quantitative estimate of drug-likeness (QED) is 0.405. The third kappa shape index (κ3) is 5.17. The van der Waals surface area contributed by atoms with Crippen LogP contribution in [0.1, 0.15) is 31.2 Å². The summed E-state index contributed by atoms with van der Waals surface area (Å²) in [4.78, 5) is 39.0. The van der Waals surface area contributed by atoms with E-state index in [0.29, 0.717) is 18.7 Å². The first-order valence-electron chi connectivity index (χ1n) is 10.2. The van der Waals surface area contributed by atoms with Gasteiger partial charge in [-0.25, -0.2) is 0 Å². The maximum absolute atomic E-state index is 12.3. The molecule has 2 N–H and O–H groups in total. The first-order chi connectivity index (χ1) is 14.5. The smallest absolute Gasteiger partial charge is 0.249 e. The van der Waals surface area contributed by atoms with Crippen molar-refractivity contribution in [2.75, 3.05) is 43.6 Å². The van der Waals surface area contributed by atoms with E-state index >= 15 is 0 Å². The summed E-state index contributed by atoms with van der Waals surface area (Å²) in [6.45, 7) is 2.27. The molecule has 30 heavy (non-hydrogen) atoms. The van der Waals surface area contributed by atoms with E-state index in [1.54, 1.807) is 6.07 Å². The molecular formula is C22H28N4O4. The van der Waals surface area contributed by atoms with Gasteiger partial charge in [-0.1, -0.05) is 17.9 Å². The second kappa shape index (κ2) is 10.2. The van der Waals surface area contributed by atoms with Gasteiger partial charge in [-0.2, -0.15) is 0 Å². The lowest BCUT2D eigenvalue weighted by Crippen LogP contribution is -2.52. The van der Waals surface area contributed by atoms with Crippen molar-refractivity contribution in [3.8, 4) is 11.8 Å². The van der Waals surface area contributed by atoms with Crippen LogP contribution >= 0.6 is 0 Å². The van der Waals surface area contributed by atoms with Gasteiger partial charge in [0.1, 0.15) is 12.6 Å². The van der Waals surface area contributed by atoms with E-state index < -0.39 is 11.9 Å². The maximum atomic E-state index is 12.3. The summed E-state index contributed by atoms with van der Waals surface area (Å²) in [5.74, 6) is 5.44. The molecule has 2 aliphatic rings. The van der Waals surface area contributed by atoms with Crippen LogP contribution in [0.3, 0.4) is 0 Å². The van der Waals surface area contributed by atoms with Crippen LogP contribution in [-0.4, -0.2) is 64.2 Å². The normalized spacial score (nSPS) is 19.5. The number of imide groups is 1. The van der Waals surface area contributed by atoms with Crippen molar-refractivity contribution in [3.05, 3.63) is 23.8 Å². The zero-order valence-electron chi connectivity index (χ0n) is 17.4. The highest BCUT2D eigenvalue weighted by atomic mass is 16.5. The fourth-order valence-electron chi connectivity index (χ4n) is 3.81. The van der Waals surface area contributed by atoms with Gasteiger partial charge in [-0.15, -0.1) is 0 Å². The van der Waals surface area contributed by atoms with E-state index in [-0.39, 0.29) is 24.9 Å². The molecule has 0 aliphatic carbocycles. The van der Waals surface area contributed by atoms with Gasteiger partial charge in [0.15, 0.2) is 0 Å². The third-order valence-corrected chi connectivity index (χ3v) is 5.30. The summed E-state index contributed by atoms with van der Waals surface area (Å²) in [6, 6.07) is 4.74. The van der Waals surface area contributed by atoms with E-state index in [1.165, 1.54) is 4.90 Å². The molecule has 2 saturated heterocycles. The van der Waals surface area contributed by atoms with E-state index in [9.17, 15) is 14.4 Å². The summed E-state index contributed by atoms with van der Waals surface area (Å²) in [7, 11) is 3.73. The fourth-order valence-corrected chi connectivity index (χ4v) is 3.81. The predicted molar refractivity (Wildman–Crippen MR) is 114 cm³/mol. The second-order valence-electron chi connectivity index (χ2n) is 7.61. The molecule has 3 amide bonds. The second-order valence-corrected chi connectivity index (χ2v) is 7.61. The van der Waals surface area contributed by atoms with Gasteiger partial charge >= 0.3 is 0 Å². The largest absolute Gasteiger partial charge is 0.375 e. The first kappa shape index (κ1) is 21.8. The van der Waals surface area contributed by atoms with Crippen molar-refractivity contribution in [1.82, 2.24) is 10.6 Å². The molecule has 2 fully saturated rings. The molecule has 0 aromatic heterocycles. The van der Waals surface area contributed by atoms with Crippen molar-refractivity contribution < 1.29 is 19.1 Å². The Balaban J connectivity index is 1.81. The Morgan fingerprint density at radius 3 is 2.63 bits per heavy atom. The van der Waals surface area contributed by atoms with E-state index in [4.69, 9.17) is 4.74 Å². The Bertz CT molecular complexity index is 852. The van der Waals surface area contributed by atoms with Crippen LogP contribution in [0, 0.1) is 11.8 Å². The minimum atomic E-state index is -0.731. The minimum absolute atomic E-state index is 0.200. The molecule has 1 unspecified atom stereocenters. The van der Waals surface area contributed by atoms with Gasteiger partial charge in [-0.05, 0) is 44.5 Å². The number of nitrogens with zero attached hydrogens (tertiary/aromatic N) is 2. The number of rotatable bonds is 6. The van der Waals surface area contributed by atoms with Crippen molar-refractivity contribution in [3.63, 3.8) is 0 Å². The van der Waals surface area contributed by atoms with Gasteiger partial charge in [0.2, 0.25) is 18.2 Å². The molecule has 1 aromatic rings. The van der Waals surface area contributed by atoms with Crippen LogP contribution < -0.4 is 20.4 Å². The summed E-state index contributed by atoms with van der Waals surface area (Å²) in [6.07, 6.45) is 3.33. The number of para-hydroxylation sites is 1. The number of amides is 3. The highest BCUT2D eigenvalue weighted by Crippen LogP contribution is 2.33. The minimum Gasteiger partial charge on any atom is -0.375 e. The van der Waals surface area contributed by atoms with Gasteiger partial charge in [-0.3, -0.25) is 19.7 Å². The van der Waals surface area contributed by atoms with Gasteiger partial charge in [0.25, 0.3) is 0 Å². The van der Waals surface area contributed by atoms with Crippen LogP contribution in [0.15, 0.2) is 18.2 Å². The molecule has 2 aliphatic heterocycles. The number of hydrogen-bond donors (Lipinski definition) is 2. The number of nitrogens with one attached hydrogen (secondary N) is 2. The van der Waals surface area contributed by atoms with Crippen LogP contribution in [0.25, 0.3) is 0 Å². The average molecular weight is 412 g/mol. The van der Waals surface area contributed by atoms with Crippen LogP contribution in [0.4, 0.5) is 11.4 Å². The standard InChI is InChI=1S/C22H28N4O4/c1-25(2)21-16(6-4-14-30-17-10-12-23-13-11-17)5-3-7-18(21)26(15-27)19-8-9-20(28)24-22(19)29/h3,5,7,15,17,19,23H,8-14H2,1-2H3,(H,24,28,29). The summed E-state index contributed by atoms with van der Waals surface area (Å²) >= 11 is 0. The molecule has 1 atom stereocenters. The van der Waals surface area contributed by atoms with Crippen LogP contribution in [0.5, 0.6) is 0 Å². The number of anilines is 2. The molecule has 1 aromatic carbocycles. The number of benzene rings is 1. The predicted octanol–water partition coefficient (Wildman–Crippen LogP) is 0.641. The van der Waals surface area contributed by atoms with Crippen LogP contribution in [0.2, 0.25) is 0 Å². The zero-order valence-corrected chi connectivity index (χ0v) is 17.4. The lowest BCUT2D eigenvalue weighted by Gasteiger charge is -2.32. The number of ether oxygens (including phenoxy) is 1. The van der Waals surface area contributed by atoms with E-state index in [0.717, 1.165) is 37.2 Å². The lowest BCUT2D eigenvalue weighted by molar-refractivity contribution is -0.134. The first-order valence-corrected chi connectivity index (χ1v) is 10.2. The van der Waals surface area contributed by atoms with Crippen molar-refractivity contribution in [2.24, 2.45) is 0 Å². The SMILES string of the molecule is CN(C)c1c(C#CCOC2CCNCC2)cccc1N(C=O)C1CCC(=O)NC1=O. The van der Waals surface area contributed by atoms with Crippen LogP contribution in [-0.2, 0) is 19.1 Å². The van der Waals surface area contributed by atoms with Gasteiger partial charge in [0, 0.05) is 20.5 Å². The Kier molecular flexibility index (Phi) is 7.44. The van der Waals surface area contributed by atoms with Gasteiger partial charge in [0.05, 0.1) is 23.0 Å². The Labute approximate surface area is 176 Å². The van der Waals surface area contributed by atoms with Crippen molar-refractivity contribution in [2.45, 2.75) is 37.8 Å².